The van der Waals surface area contributed by atoms with Crippen LogP contribution < -0.4 is 15.8 Å². The molecule has 0 spiro atoms. The lowest BCUT2D eigenvalue weighted by atomic mass is 10.1. The fourth-order valence-corrected chi connectivity index (χ4v) is 1.89. The number of methoxy groups -OCH3 is 1. The Kier molecular flexibility index (Phi) is 7.41. The lowest BCUT2D eigenvalue weighted by molar-refractivity contribution is 0.282. The highest BCUT2D eigenvalue weighted by Gasteiger charge is 2.09. The highest BCUT2D eigenvalue weighted by molar-refractivity contribution is 5.30. The van der Waals surface area contributed by atoms with E-state index in [0.29, 0.717) is 6.54 Å². The summed E-state index contributed by atoms with van der Waals surface area (Å²) in [5, 5.41) is 12.1. The van der Waals surface area contributed by atoms with Crippen LogP contribution >= 0.6 is 0 Å². The van der Waals surface area contributed by atoms with Crippen LogP contribution in [0.15, 0.2) is 24.3 Å². The molecule has 102 valence electrons. The van der Waals surface area contributed by atoms with E-state index >= 15 is 0 Å². The standard InChI is InChI=1S/C14H24N2O2/c1-18-13-7-5-6-12(10-13)14(11-15)16-8-3-2-4-9-17/h5-7,10,14,16-17H,2-4,8-9,11,15H2,1H3. The Hall–Kier alpha value is -1.10. The molecule has 4 N–H and O–H groups in total. The molecule has 0 aromatic heterocycles. The van der Waals surface area contributed by atoms with Gasteiger partial charge in [-0.3, -0.25) is 0 Å². The number of nitrogens with two attached hydrogens (primary N) is 1. The predicted octanol–water partition coefficient (Wildman–Crippen LogP) is 1.45. The Bertz CT molecular complexity index is 331. The zero-order valence-corrected chi connectivity index (χ0v) is 11.1. The maximum Gasteiger partial charge on any atom is 0.119 e. The fraction of sp³-hybridized carbons (Fsp3) is 0.571. The van der Waals surface area contributed by atoms with Crippen LogP contribution in [0.4, 0.5) is 0 Å². The van der Waals surface area contributed by atoms with E-state index in [9.17, 15) is 0 Å². The Balaban J connectivity index is 2.44. The van der Waals surface area contributed by atoms with Crippen LogP contribution in [0.25, 0.3) is 0 Å². The second kappa shape index (κ2) is 8.91. The van der Waals surface area contributed by atoms with E-state index in [1.807, 2.05) is 18.2 Å². The van der Waals surface area contributed by atoms with Crippen molar-refractivity contribution in [1.29, 1.82) is 0 Å². The molecule has 1 rings (SSSR count). The lowest BCUT2D eigenvalue weighted by Gasteiger charge is -2.18. The Labute approximate surface area is 109 Å². The third-order valence-electron chi connectivity index (χ3n) is 2.96. The first-order valence-electron chi connectivity index (χ1n) is 6.50. The van der Waals surface area contributed by atoms with Gasteiger partial charge >= 0.3 is 0 Å². The minimum atomic E-state index is 0.161. The van der Waals surface area contributed by atoms with Crippen LogP contribution in [0.1, 0.15) is 30.9 Å². The molecule has 18 heavy (non-hydrogen) atoms. The molecule has 0 fully saturated rings. The molecule has 0 saturated heterocycles. The number of benzene rings is 1. The normalized spacial score (nSPS) is 12.4. The van der Waals surface area contributed by atoms with Gasteiger partial charge in [0.05, 0.1) is 7.11 Å². The number of unbranched alkanes of at least 4 members (excludes halogenated alkanes) is 2. The van der Waals surface area contributed by atoms with Crippen molar-refractivity contribution in [2.24, 2.45) is 5.73 Å². The van der Waals surface area contributed by atoms with Crippen LogP contribution in [-0.2, 0) is 0 Å². The minimum absolute atomic E-state index is 0.161. The van der Waals surface area contributed by atoms with Crippen molar-refractivity contribution in [3.05, 3.63) is 29.8 Å². The summed E-state index contributed by atoms with van der Waals surface area (Å²) in [6.07, 6.45) is 2.97. The third kappa shape index (κ3) is 5.04. The van der Waals surface area contributed by atoms with Gasteiger partial charge in [0.1, 0.15) is 5.75 Å². The van der Waals surface area contributed by atoms with Crippen molar-refractivity contribution in [2.45, 2.75) is 25.3 Å². The zero-order valence-electron chi connectivity index (χ0n) is 11.1. The molecule has 0 aliphatic heterocycles. The van der Waals surface area contributed by atoms with Gasteiger partial charge in [0.15, 0.2) is 0 Å². The summed E-state index contributed by atoms with van der Waals surface area (Å²) in [7, 11) is 1.67. The van der Waals surface area contributed by atoms with Crippen LogP contribution in [0.3, 0.4) is 0 Å². The van der Waals surface area contributed by atoms with Gasteiger partial charge in [0.25, 0.3) is 0 Å². The largest absolute Gasteiger partial charge is 0.497 e. The molecular weight excluding hydrogens is 228 g/mol. The smallest absolute Gasteiger partial charge is 0.119 e. The number of ether oxygens (including phenoxy) is 1. The van der Waals surface area contributed by atoms with E-state index in [0.717, 1.165) is 37.1 Å². The maximum atomic E-state index is 8.70. The van der Waals surface area contributed by atoms with Crippen LogP contribution in [0.5, 0.6) is 5.75 Å². The average molecular weight is 252 g/mol. The average Bonchev–Trinajstić information content (AvgIpc) is 2.43. The van der Waals surface area contributed by atoms with Gasteiger partial charge in [-0.05, 0) is 43.5 Å². The molecule has 0 heterocycles. The number of hydrogen-bond acceptors (Lipinski definition) is 4. The van der Waals surface area contributed by atoms with Crippen molar-refractivity contribution < 1.29 is 9.84 Å². The fourth-order valence-electron chi connectivity index (χ4n) is 1.89. The first kappa shape index (κ1) is 15.0. The number of aliphatic hydroxyl groups is 1. The summed E-state index contributed by atoms with van der Waals surface area (Å²) in [6.45, 7) is 1.75. The highest BCUT2D eigenvalue weighted by Crippen LogP contribution is 2.18. The molecule has 0 amide bonds. The van der Waals surface area contributed by atoms with Crippen molar-refractivity contribution >= 4 is 0 Å². The number of rotatable bonds is 9. The van der Waals surface area contributed by atoms with Crippen LogP contribution in [0.2, 0.25) is 0 Å². The van der Waals surface area contributed by atoms with Gasteiger partial charge in [0, 0.05) is 19.2 Å². The molecule has 4 heteroatoms. The number of nitrogens with one attached hydrogen (secondary N) is 1. The van der Waals surface area contributed by atoms with Gasteiger partial charge in [-0.1, -0.05) is 12.1 Å². The molecule has 4 nitrogen and oxygen atoms in total. The topological polar surface area (TPSA) is 67.5 Å². The third-order valence-corrected chi connectivity index (χ3v) is 2.96. The Morgan fingerprint density at radius 2 is 2.17 bits per heavy atom. The van der Waals surface area contributed by atoms with Gasteiger partial charge < -0.3 is 20.9 Å². The summed E-state index contributed by atoms with van der Waals surface area (Å²) < 4.78 is 5.21. The molecule has 0 radical (unpaired) electrons. The van der Waals surface area contributed by atoms with E-state index in [4.69, 9.17) is 15.6 Å². The van der Waals surface area contributed by atoms with Crippen molar-refractivity contribution in [3.8, 4) is 5.75 Å². The SMILES string of the molecule is COc1cccc(C(CN)NCCCCCO)c1. The van der Waals surface area contributed by atoms with E-state index in [2.05, 4.69) is 11.4 Å². The molecular formula is C14H24N2O2. The summed E-state index contributed by atoms with van der Waals surface area (Å²) in [5.74, 6) is 0.855. The van der Waals surface area contributed by atoms with E-state index in [1.54, 1.807) is 7.11 Å². The monoisotopic (exact) mass is 252 g/mol. The quantitative estimate of drug-likeness (QED) is 0.582. The minimum Gasteiger partial charge on any atom is -0.497 e. The summed E-state index contributed by atoms with van der Waals surface area (Å²) in [4.78, 5) is 0. The second-order valence-corrected chi connectivity index (χ2v) is 4.30. The number of aliphatic hydroxyl groups excluding tert-OH is 1. The predicted molar refractivity (Wildman–Crippen MR) is 73.7 cm³/mol. The molecule has 0 saturated carbocycles. The zero-order chi connectivity index (χ0) is 13.2. The molecule has 1 aromatic rings. The lowest BCUT2D eigenvalue weighted by Crippen LogP contribution is -2.29. The van der Waals surface area contributed by atoms with Gasteiger partial charge in [-0.2, -0.15) is 0 Å². The van der Waals surface area contributed by atoms with Gasteiger partial charge in [-0.15, -0.1) is 0 Å². The van der Waals surface area contributed by atoms with Crippen molar-refractivity contribution in [3.63, 3.8) is 0 Å². The Morgan fingerprint density at radius 1 is 1.33 bits per heavy atom. The molecule has 1 aromatic carbocycles. The molecule has 1 atom stereocenters. The van der Waals surface area contributed by atoms with E-state index < -0.39 is 0 Å². The second-order valence-electron chi connectivity index (χ2n) is 4.30. The van der Waals surface area contributed by atoms with Crippen LogP contribution in [-0.4, -0.2) is 31.9 Å². The van der Waals surface area contributed by atoms with E-state index in [1.165, 1.54) is 0 Å². The molecule has 0 aliphatic carbocycles. The van der Waals surface area contributed by atoms with Crippen LogP contribution in [0, 0.1) is 0 Å². The first-order chi connectivity index (χ1) is 8.81. The first-order valence-corrected chi connectivity index (χ1v) is 6.50. The number of hydrogen-bond donors (Lipinski definition) is 3. The molecule has 0 aliphatic rings. The molecule has 0 bridgehead atoms. The maximum absolute atomic E-state index is 8.70. The van der Waals surface area contributed by atoms with E-state index in [-0.39, 0.29) is 12.6 Å². The summed E-state index contributed by atoms with van der Waals surface area (Å²) in [5.41, 5.74) is 6.95. The Morgan fingerprint density at radius 3 is 2.83 bits per heavy atom. The summed E-state index contributed by atoms with van der Waals surface area (Å²) >= 11 is 0. The summed E-state index contributed by atoms with van der Waals surface area (Å²) in [6, 6.07) is 8.14. The van der Waals surface area contributed by atoms with Gasteiger partial charge in [0.2, 0.25) is 0 Å². The van der Waals surface area contributed by atoms with Crippen molar-refractivity contribution in [2.75, 3.05) is 26.8 Å². The highest BCUT2D eigenvalue weighted by atomic mass is 16.5. The van der Waals surface area contributed by atoms with Crippen molar-refractivity contribution in [1.82, 2.24) is 5.32 Å². The van der Waals surface area contributed by atoms with Gasteiger partial charge in [-0.25, -0.2) is 0 Å². The molecule has 1 unspecified atom stereocenters.